The highest BCUT2D eigenvalue weighted by atomic mass is 32.2. The summed E-state index contributed by atoms with van der Waals surface area (Å²) in [4.78, 5) is 26.9. The van der Waals surface area contributed by atoms with Crippen molar-refractivity contribution in [1.29, 1.82) is 0 Å². The molecule has 0 atom stereocenters. The van der Waals surface area contributed by atoms with Gasteiger partial charge in [-0.25, -0.2) is 13.9 Å². The first-order valence-corrected chi connectivity index (χ1v) is 14.6. The van der Waals surface area contributed by atoms with Crippen LogP contribution >= 0.6 is 0 Å². The number of benzene rings is 3. The molecule has 10 heteroatoms. The largest absolute Gasteiger partial charge is 0.494 e. The molecule has 0 unspecified atom stereocenters. The van der Waals surface area contributed by atoms with E-state index >= 15 is 0 Å². The smallest absolute Gasteiger partial charge is 0.265 e. The predicted octanol–water partition coefficient (Wildman–Crippen LogP) is 3.65. The van der Waals surface area contributed by atoms with Crippen LogP contribution < -0.4 is 15.5 Å². The number of ether oxygens (including phenoxy) is 1. The molecule has 40 heavy (non-hydrogen) atoms. The Labute approximate surface area is 233 Å². The number of carbonyl (C=O) groups is 2. The van der Waals surface area contributed by atoms with Crippen molar-refractivity contribution < 1.29 is 28.0 Å². The molecule has 1 saturated heterocycles. The number of amides is 2. The molecule has 3 aromatic rings. The topological polar surface area (TPSA) is 125 Å². The summed E-state index contributed by atoms with van der Waals surface area (Å²) in [5.74, 6) is -0.306. The molecule has 208 valence electrons. The summed E-state index contributed by atoms with van der Waals surface area (Å²) in [6.07, 6.45) is 0.750. The minimum Gasteiger partial charge on any atom is -0.494 e. The van der Waals surface area contributed by atoms with Crippen LogP contribution in [0.3, 0.4) is 0 Å². The van der Waals surface area contributed by atoms with Crippen molar-refractivity contribution in [3.05, 3.63) is 90.5 Å². The van der Waals surface area contributed by atoms with E-state index in [1.807, 2.05) is 48.5 Å². The summed E-state index contributed by atoms with van der Waals surface area (Å²) in [6.45, 7) is 5.67. The summed E-state index contributed by atoms with van der Waals surface area (Å²) in [7, 11) is -4.06. The number of piperidine rings is 1. The highest BCUT2D eigenvalue weighted by Gasteiger charge is 2.51. The number of hydroxylamine groups is 1. The quantitative estimate of drug-likeness (QED) is 0.207. The van der Waals surface area contributed by atoms with E-state index in [0.29, 0.717) is 49.7 Å². The number of nitrogens with zero attached hydrogens (tertiary/aromatic N) is 1. The van der Waals surface area contributed by atoms with E-state index in [2.05, 4.69) is 11.9 Å². The lowest BCUT2D eigenvalue weighted by molar-refractivity contribution is -0.132. The summed E-state index contributed by atoms with van der Waals surface area (Å²) in [5.41, 5.74) is 5.42. The van der Waals surface area contributed by atoms with Gasteiger partial charge in [-0.05, 0) is 73.8 Å². The number of hydrogen-bond donors (Lipinski definition) is 3. The predicted molar refractivity (Wildman–Crippen MR) is 150 cm³/mol. The molecule has 0 bridgehead atoms. The molecule has 5 rings (SSSR count). The van der Waals surface area contributed by atoms with E-state index in [0.717, 1.165) is 16.7 Å². The molecule has 2 aliphatic heterocycles. The molecular weight excluding hydrogens is 530 g/mol. The molecule has 0 saturated carbocycles. The molecule has 1 fully saturated rings. The zero-order valence-electron chi connectivity index (χ0n) is 21.9. The van der Waals surface area contributed by atoms with Gasteiger partial charge in [-0.2, -0.15) is 0 Å². The summed E-state index contributed by atoms with van der Waals surface area (Å²) in [5, 5.41) is 12.3. The van der Waals surface area contributed by atoms with E-state index in [4.69, 9.17) is 4.74 Å². The number of fused-ring (bicyclic) bond motifs is 1. The fraction of sp³-hybridized carbons (Fsp3) is 0.267. The molecule has 0 radical (unpaired) electrons. The highest BCUT2D eigenvalue weighted by molar-refractivity contribution is 7.93. The van der Waals surface area contributed by atoms with Crippen molar-refractivity contribution in [3.63, 3.8) is 0 Å². The van der Waals surface area contributed by atoms with Crippen LogP contribution in [0.4, 0.5) is 0 Å². The number of carbonyl (C=O) groups excluding carboxylic acids is 2. The van der Waals surface area contributed by atoms with Gasteiger partial charge in [-0.15, -0.1) is 0 Å². The monoisotopic (exact) mass is 561 g/mol. The third-order valence-corrected chi connectivity index (χ3v) is 10.1. The van der Waals surface area contributed by atoms with E-state index in [1.165, 1.54) is 12.1 Å². The minimum atomic E-state index is -4.06. The second-order valence-corrected chi connectivity index (χ2v) is 12.2. The fourth-order valence-electron chi connectivity index (χ4n) is 5.35. The third-order valence-electron chi connectivity index (χ3n) is 7.61. The Morgan fingerprint density at radius 2 is 1.70 bits per heavy atom. The van der Waals surface area contributed by atoms with Crippen molar-refractivity contribution in [1.82, 2.24) is 15.7 Å². The lowest BCUT2D eigenvalue weighted by atomic mass is 9.96. The van der Waals surface area contributed by atoms with Gasteiger partial charge in [0.2, 0.25) is 0 Å². The first kappa shape index (κ1) is 27.6. The first-order valence-electron chi connectivity index (χ1n) is 13.1. The summed E-state index contributed by atoms with van der Waals surface area (Å²) < 4.78 is 31.2. The Kier molecular flexibility index (Phi) is 7.75. The van der Waals surface area contributed by atoms with Gasteiger partial charge < -0.3 is 15.0 Å². The average molecular weight is 562 g/mol. The number of rotatable bonds is 9. The zero-order chi connectivity index (χ0) is 28.3. The highest BCUT2D eigenvalue weighted by Crippen LogP contribution is 2.35. The fourth-order valence-corrected chi connectivity index (χ4v) is 7.33. The zero-order valence-corrected chi connectivity index (χ0v) is 22.7. The maximum atomic E-state index is 13.5. The van der Waals surface area contributed by atoms with Gasteiger partial charge >= 0.3 is 0 Å². The van der Waals surface area contributed by atoms with Crippen LogP contribution in [-0.4, -0.2) is 61.3 Å². The molecule has 2 aliphatic rings. The molecular formula is C30H31N3O6S. The molecule has 2 amide bonds. The average Bonchev–Trinajstić information content (AvgIpc) is 3.24. The lowest BCUT2D eigenvalue weighted by Gasteiger charge is -2.34. The Morgan fingerprint density at radius 1 is 1.00 bits per heavy atom. The van der Waals surface area contributed by atoms with Crippen molar-refractivity contribution in [2.45, 2.75) is 28.9 Å². The number of sulfone groups is 1. The normalized spacial score (nSPS) is 16.5. The Balaban J connectivity index is 1.23. The van der Waals surface area contributed by atoms with Crippen LogP contribution in [0.5, 0.6) is 5.75 Å². The van der Waals surface area contributed by atoms with E-state index in [-0.39, 0.29) is 23.6 Å². The van der Waals surface area contributed by atoms with Crippen LogP contribution in [0.1, 0.15) is 35.2 Å². The molecule has 3 N–H and O–H groups in total. The van der Waals surface area contributed by atoms with Crippen LogP contribution in [-0.2, 0) is 14.6 Å². The second-order valence-electron chi connectivity index (χ2n) is 9.89. The van der Waals surface area contributed by atoms with Crippen molar-refractivity contribution >= 4 is 27.3 Å². The maximum Gasteiger partial charge on any atom is 0.265 e. The van der Waals surface area contributed by atoms with Crippen LogP contribution in [0.25, 0.3) is 16.8 Å². The number of nitrogens with one attached hydrogen (secondary N) is 2. The molecule has 0 spiro atoms. The Bertz CT molecular complexity index is 1510. The van der Waals surface area contributed by atoms with Crippen molar-refractivity contribution in [2.24, 2.45) is 0 Å². The van der Waals surface area contributed by atoms with Crippen molar-refractivity contribution in [3.8, 4) is 16.9 Å². The molecule has 0 aliphatic carbocycles. The van der Waals surface area contributed by atoms with Crippen molar-refractivity contribution in [2.75, 3.05) is 26.2 Å². The van der Waals surface area contributed by atoms with E-state index in [9.17, 15) is 23.2 Å². The molecule has 0 aromatic heterocycles. The molecule has 9 nitrogen and oxygen atoms in total. The summed E-state index contributed by atoms with van der Waals surface area (Å²) >= 11 is 0. The van der Waals surface area contributed by atoms with Gasteiger partial charge in [-0.1, -0.05) is 49.0 Å². The SMILES string of the molecule is C=C1c2ccccc2C(=O)N1CCCOc1cccc(-c2ccc(S(=O)(=O)C3(C(=O)NO)CCNCC3)cc2)c1. The molecule has 2 heterocycles. The standard InChI is InChI=1S/C30H31N3O6S/c1-21-26-8-2-3-9-27(26)28(34)33(21)18-5-19-39-24-7-4-6-23(20-24)22-10-12-25(13-11-22)40(37,38)30(29(35)32-36)14-16-31-17-15-30/h2-4,6-13,20,31,36H,1,5,14-19H2,(H,32,35). The summed E-state index contributed by atoms with van der Waals surface area (Å²) in [6, 6.07) is 21.3. The van der Waals surface area contributed by atoms with Gasteiger partial charge in [-0.3, -0.25) is 14.8 Å². The van der Waals surface area contributed by atoms with Gasteiger partial charge in [0.1, 0.15) is 5.75 Å². The molecule has 3 aromatic carbocycles. The Morgan fingerprint density at radius 3 is 2.38 bits per heavy atom. The van der Waals surface area contributed by atoms with E-state index < -0.39 is 20.5 Å². The number of hydrogen-bond acceptors (Lipinski definition) is 7. The van der Waals surface area contributed by atoms with Crippen LogP contribution in [0.15, 0.2) is 84.3 Å². The van der Waals surface area contributed by atoms with Gasteiger partial charge in [0.25, 0.3) is 11.8 Å². The van der Waals surface area contributed by atoms with Crippen LogP contribution in [0, 0.1) is 0 Å². The van der Waals surface area contributed by atoms with E-state index in [1.54, 1.807) is 22.5 Å². The van der Waals surface area contributed by atoms with Crippen LogP contribution in [0.2, 0.25) is 0 Å². The van der Waals surface area contributed by atoms with Gasteiger partial charge in [0.15, 0.2) is 14.6 Å². The lowest BCUT2D eigenvalue weighted by Crippen LogP contribution is -2.57. The van der Waals surface area contributed by atoms with Gasteiger partial charge in [0.05, 0.1) is 11.5 Å². The Hall–Kier alpha value is -3.99. The maximum absolute atomic E-state index is 13.5. The first-order chi connectivity index (χ1) is 19.3. The minimum absolute atomic E-state index is 0.0225. The third kappa shape index (κ3) is 4.90. The van der Waals surface area contributed by atoms with Gasteiger partial charge in [0, 0.05) is 23.4 Å². The second kappa shape index (κ2) is 11.2.